The van der Waals surface area contributed by atoms with Crippen molar-refractivity contribution in [2.45, 2.75) is 32.2 Å². The van der Waals surface area contributed by atoms with Crippen molar-refractivity contribution >= 4 is 10.0 Å². The van der Waals surface area contributed by atoms with E-state index in [-0.39, 0.29) is 11.7 Å². The lowest BCUT2D eigenvalue weighted by atomic mass is 9.98. The van der Waals surface area contributed by atoms with Crippen LogP contribution in [0.5, 0.6) is 0 Å². The first-order chi connectivity index (χ1) is 11.1. The predicted molar refractivity (Wildman–Crippen MR) is 88.6 cm³/mol. The van der Waals surface area contributed by atoms with Crippen molar-refractivity contribution in [1.29, 1.82) is 0 Å². The number of pyridine rings is 1. The van der Waals surface area contributed by atoms with Crippen molar-refractivity contribution in [3.63, 3.8) is 0 Å². The van der Waals surface area contributed by atoms with Gasteiger partial charge >= 0.3 is 0 Å². The number of nitrogens with zero attached hydrogens (tertiary/aromatic N) is 4. The van der Waals surface area contributed by atoms with Gasteiger partial charge in [0.2, 0.25) is 10.0 Å². The first-order valence-corrected chi connectivity index (χ1v) is 9.59. The van der Waals surface area contributed by atoms with Crippen molar-refractivity contribution in [3.8, 4) is 0 Å². The molecule has 1 fully saturated rings. The predicted octanol–water partition coefficient (Wildman–Crippen LogP) is 1.86. The molecule has 0 spiro atoms. The van der Waals surface area contributed by atoms with Gasteiger partial charge in [-0.1, -0.05) is 0 Å². The Bertz CT molecular complexity index is 742. The fourth-order valence-electron chi connectivity index (χ4n) is 3.09. The van der Waals surface area contributed by atoms with E-state index in [1.807, 2.05) is 18.3 Å². The van der Waals surface area contributed by atoms with Crippen LogP contribution in [0, 0.1) is 0 Å². The van der Waals surface area contributed by atoms with Gasteiger partial charge in [-0.2, -0.15) is 0 Å². The second-order valence-electron chi connectivity index (χ2n) is 5.87. The van der Waals surface area contributed by atoms with Gasteiger partial charge in [-0.25, -0.2) is 17.7 Å². The lowest BCUT2D eigenvalue weighted by molar-refractivity contribution is 0.306. The van der Waals surface area contributed by atoms with Crippen molar-refractivity contribution in [3.05, 3.63) is 48.3 Å². The van der Waals surface area contributed by atoms with Crippen LogP contribution in [-0.4, -0.2) is 46.1 Å². The van der Waals surface area contributed by atoms with E-state index in [1.54, 1.807) is 29.8 Å². The van der Waals surface area contributed by atoms with Gasteiger partial charge in [0, 0.05) is 50.3 Å². The molecule has 7 heteroatoms. The number of sulfonamides is 1. The van der Waals surface area contributed by atoms with E-state index in [0.717, 1.165) is 30.8 Å². The molecule has 0 unspecified atom stereocenters. The molecule has 0 aliphatic carbocycles. The molecule has 0 bridgehead atoms. The average molecular weight is 334 g/mol. The Labute approximate surface area is 137 Å². The summed E-state index contributed by atoms with van der Waals surface area (Å²) in [5.74, 6) is 1.28. The van der Waals surface area contributed by atoms with Crippen molar-refractivity contribution in [2.24, 2.45) is 0 Å². The SMILES string of the molecule is CCS(=O)(=O)N1CCC[C@@H](c2nccn2Cc2ccncc2)C1. The van der Waals surface area contributed by atoms with Crippen LogP contribution in [0.25, 0.3) is 0 Å². The summed E-state index contributed by atoms with van der Waals surface area (Å²) in [6.45, 7) is 3.58. The highest BCUT2D eigenvalue weighted by Gasteiger charge is 2.30. The molecule has 3 rings (SSSR count). The van der Waals surface area contributed by atoms with E-state index in [0.29, 0.717) is 13.1 Å². The van der Waals surface area contributed by atoms with E-state index < -0.39 is 10.0 Å². The van der Waals surface area contributed by atoms with E-state index in [4.69, 9.17) is 0 Å². The van der Waals surface area contributed by atoms with Crippen LogP contribution < -0.4 is 0 Å². The Morgan fingerprint density at radius 3 is 2.78 bits per heavy atom. The molecule has 6 nitrogen and oxygen atoms in total. The summed E-state index contributed by atoms with van der Waals surface area (Å²) in [5, 5.41) is 0. The summed E-state index contributed by atoms with van der Waals surface area (Å²) < 4.78 is 28.0. The summed E-state index contributed by atoms with van der Waals surface area (Å²) in [4.78, 5) is 8.54. The highest BCUT2D eigenvalue weighted by Crippen LogP contribution is 2.27. The standard InChI is InChI=1S/C16H22N4O2S/c1-2-23(21,22)20-10-3-4-15(13-20)16-18-9-11-19(16)12-14-5-7-17-8-6-14/h5-9,11,15H,2-4,10,12-13H2,1H3/t15-/m1/s1. The fraction of sp³-hybridized carbons (Fsp3) is 0.500. The molecule has 2 aromatic rings. The quantitative estimate of drug-likeness (QED) is 0.837. The van der Waals surface area contributed by atoms with Gasteiger partial charge in [-0.05, 0) is 37.5 Å². The molecule has 23 heavy (non-hydrogen) atoms. The topological polar surface area (TPSA) is 68.1 Å². The molecule has 2 aromatic heterocycles. The fourth-order valence-corrected chi connectivity index (χ4v) is 4.27. The molecular formula is C16H22N4O2S. The maximum atomic E-state index is 12.1. The summed E-state index contributed by atoms with van der Waals surface area (Å²) >= 11 is 0. The third kappa shape index (κ3) is 3.61. The molecule has 0 aromatic carbocycles. The zero-order valence-electron chi connectivity index (χ0n) is 13.3. The van der Waals surface area contributed by atoms with Gasteiger partial charge in [0.15, 0.2) is 0 Å². The zero-order chi connectivity index (χ0) is 16.3. The molecule has 0 N–H and O–H groups in total. The van der Waals surface area contributed by atoms with Gasteiger partial charge in [0.1, 0.15) is 5.82 Å². The Morgan fingerprint density at radius 1 is 1.26 bits per heavy atom. The largest absolute Gasteiger partial charge is 0.330 e. The molecule has 1 atom stereocenters. The van der Waals surface area contributed by atoms with Crippen LogP contribution in [-0.2, 0) is 16.6 Å². The molecule has 0 saturated carbocycles. The second kappa shape index (κ2) is 6.80. The number of imidazole rings is 1. The number of aromatic nitrogens is 3. The van der Waals surface area contributed by atoms with Gasteiger partial charge in [-0.15, -0.1) is 0 Å². The summed E-state index contributed by atoms with van der Waals surface area (Å²) in [5.41, 5.74) is 1.16. The van der Waals surface area contributed by atoms with Crippen LogP contribution in [0.3, 0.4) is 0 Å². The molecule has 1 aliphatic heterocycles. The minimum absolute atomic E-state index is 0.155. The number of hydrogen-bond donors (Lipinski definition) is 0. The molecular weight excluding hydrogens is 312 g/mol. The van der Waals surface area contributed by atoms with Gasteiger partial charge in [-0.3, -0.25) is 4.98 Å². The Balaban J connectivity index is 1.78. The zero-order valence-corrected chi connectivity index (χ0v) is 14.1. The number of rotatable bonds is 5. The lowest BCUT2D eigenvalue weighted by Gasteiger charge is -2.31. The van der Waals surface area contributed by atoms with Crippen LogP contribution in [0.2, 0.25) is 0 Å². The van der Waals surface area contributed by atoms with Gasteiger partial charge in [0.25, 0.3) is 0 Å². The molecule has 3 heterocycles. The third-order valence-corrected chi connectivity index (χ3v) is 6.21. The number of hydrogen-bond acceptors (Lipinski definition) is 4. The van der Waals surface area contributed by atoms with Crippen LogP contribution >= 0.6 is 0 Å². The van der Waals surface area contributed by atoms with Crippen molar-refractivity contribution in [2.75, 3.05) is 18.8 Å². The highest BCUT2D eigenvalue weighted by molar-refractivity contribution is 7.89. The van der Waals surface area contributed by atoms with Crippen LogP contribution in [0.15, 0.2) is 36.9 Å². The summed E-state index contributed by atoms with van der Waals surface area (Å²) in [7, 11) is -3.13. The van der Waals surface area contributed by atoms with Crippen molar-refractivity contribution < 1.29 is 8.42 Å². The first kappa shape index (κ1) is 16.1. The van der Waals surface area contributed by atoms with E-state index >= 15 is 0 Å². The Kier molecular flexibility index (Phi) is 4.77. The second-order valence-corrected chi connectivity index (χ2v) is 8.12. The van der Waals surface area contributed by atoms with Crippen LogP contribution in [0.4, 0.5) is 0 Å². The number of piperidine rings is 1. The van der Waals surface area contributed by atoms with Gasteiger partial charge < -0.3 is 4.57 Å². The van der Waals surface area contributed by atoms with E-state index in [9.17, 15) is 8.42 Å². The normalized spacial score (nSPS) is 19.8. The van der Waals surface area contributed by atoms with E-state index in [2.05, 4.69) is 14.5 Å². The maximum Gasteiger partial charge on any atom is 0.213 e. The van der Waals surface area contributed by atoms with Gasteiger partial charge in [0.05, 0.1) is 5.75 Å². The third-order valence-electron chi connectivity index (χ3n) is 4.36. The molecule has 1 saturated heterocycles. The monoisotopic (exact) mass is 334 g/mol. The van der Waals surface area contributed by atoms with Crippen molar-refractivity contribution in [1.82, 2.24) is 18.8 Å². The molecule has 0 amide bonds. The summed E-state index contributed by atoms with van der Waals surface area (Å²) in [6, 6.07) is 3.97. The molecule has 1 aliphatic rings. The molecule has 124 valence electrons. The first-order valence-electron chi connectivity index (χ1n) is 7.98. The lowest BCUT2D eigenvalue weighted by Crippen LogP contribution is -2.40. The van der Waals surface area contributed by atoms with E-state index in [1.165, 1.54) is 0 Å². The maximum absolute atomic E-state index is 12.1. The average Bonchev–Trinajstić information content (AvgIpc) is 3.04. The Morgan fingerprint density at radius 2 is 2.04 bits per heavy atom. The van der Waals surface area contributed by atoms with Crippen LogP contribution in [0.1, 0.15) is 37.1 Å². The smallest absolute Gasteiger partial charge is 0.213 e. The molecule has 0 radical (unpaired) electrons. The minimum atomic E-state index is -3.13. The minimum Gasteiger partial charge on any atom is -0.330 e. The summed E-state index contributed by atoms with van der Waals surface area (Å²) in [6.07, 6.45) is 9.17. The Hall–Kier alpha value is -1.73. The highest BCUT2D eigenvalue weighted by atomic mass is 32.2.